The highest BCUT2D eigenvalue weighted by Crippen LogP contribution is 2.30. The quantitative estimate of drug-likeness (QED) is 0.767. The van der Waals surface area contributed by atoms with Gasteiger partial charge in [-0.1, -0.05) is 24.3 Å². The third kappa shape index (κ3) is 2.18. The van der Waals surface area contributed by atoms with Crippen molar-refractivity contribution in [2.45, 2.75) is 12.1 Å². The van der Waals surface area contributed by atoms with Crippen molar-refractivity contribution < 1.29 is 10.2 Å². The predicted molar refractivity (Wildman–Crippen MR) is 77.5 cm³/mol. The molecule has 0 aliphatic carbocycles. The first-order valence-electron chi connectivity index (χ1n) is 6.19. The average molecular weight is 273 g/mol. The number of aliphatic hydroxyl groups is 2. The van der Waals surface area contributed by atoms with Crippen molar-refractivity contribution in [3.05, 3.63) is 58.9 Å². The third-order valence-corrected chi connectivity index (χ3v) is 4.26. The van der Waals surface area contributed by atoms with Gasteiger partial charge in [-0.05, 0) is 29.0 Å². The Morgan fingerprint density at radius 2 is 1.95 bits per heavy atom. The number of hydrogen-bond donors (Lipinski definition) is 2. The van der Waals surface area contributed by atoms with Crippen LogP contribution in [-0.4, -0.2) is 27.5 Å². The molecule has 0 bridgehead atoms. The zero-order valence-corrected chi connectivity index (χ0v) is 11.1. The molecule has 0 saturated carbocycles. The van der Waals surface area contributed by atoms with E-state index in [9.17, 15) is 10.2 Å². The maximum absolute atomic E-state index is 10.2. The minimum Gasteiger partial charge on any atom is -0.394 e. The lowest BCUT2D eigenvalue weighted by atomic mass is 10.1. The second-order valence-electron chi connectivity index (χ2n) is 4.49. The number of aliphatic hydroxyl groups excluding tert-OH is 2. The number of hydrogen-bond acceptors (Lipinski definition) is 3. The van der Waals surface area contributed by atoms with Gasteiger partial charge in [0, 0.05) is 16.6 Å². The maximum Gasteiger partial charge on any atom is 0.103 e. The van der Waals surface area contributed by atoms with Gasteiger partial charge in [0.2, 0.25) is 0 Å². The van der Waals surface area contributed by atoms with Crippen molar-refractivity contribution in [1.82, 2.24) is 4.57 Å². The monoisotopic (exact) mass is 273 g/mol. The van der Waals surface area contributed by atoms with E-state index in [2.05, 4.69) is 0 Å². The fraction of sp³-hybridized carbons (Fsp3) is 0.200. The van der Waals surface area contributed by atoms with Gasteiger partial charge in [-0.15, -0.1) is 11.3 Å². The van der Waals surface area contributed by atoms with E-state index in [1.165, 1.54) is 0 Å². The largest absolute Gasteiger partial charge is 0.394 e. The minimum absolute atomic E-state index is 0.245. The highest BCUT2D eigenvalue weighted by molar-refractivity contribution is 7.10. The molecule has 2 aromatic heterocycles. The van der Waals surface area contributed by atoms with Gasteiger partial charge in [0.1, 0.15) is 6.10 Å². The average Bonchev–Trinajstić information content (AvgIpc) is 3.09. The minimum atomic E-state index is -0.811. The number of benzene rings is 1. The maximum atomic E-state index is 10.2. The molecule has 4 heteroatoms. The van der Waals surface area contributed by atoms with E-state index in [0.717, 1.165) is 15.8 Å². The van der Waals surface area contributed by atoms with Crippen molar-refractivity contribution >= 4 is 22.2 Å². The molecule has 98 valence electrons. The summed E-state index contributed by atoms with van der Waals surface area (Å²) in [5, 5.41) is 22.6. The first-order valence-corrected chi connectivity index (χ1v) is 7.07. The summed E-state index contributed by atoms with van der Waals surface area (Å²) in [7, 11) is 0. The normalized spacial score (nSPS) is 14.6. The molecular formula is C15H15NO2S. The standard InChI is InChI=1S/C15H15NO2S/c17-10-13(18)15(14-6-3-9-19-14)16-8-7-11-4-1-2-5-12(11)16/h1-9,13,15,17-18H,10H2/t13-,15-/m1/s1. The molecule has 2 heterocycles. The Labute approximate surface area is 115 Å². The van der Waals surface area contributed by atoms with Crippen LogP contribution in [0.5, 0.6) is 0 Å². The zero-order valence-electron chi connectivity index (χ0n) is 10.3. The Kier molecular flexibility index (Phi) is 3.38. The fourth-order valence-electron chi connectivity index (χ4n) is 2.42. The Bertz CT molecular complexity index is 660. The number of para-hydroxylation sites is 1. The second kappa shape index (κ2) is 5.17. The van der Waals surface area contributed by atoms with E-state index in [1.807, 2.05) is 58.6 Å². The lowest BCUT2D eigenvalue weighted by Crippen LogP contribution is -2.27. The van der Waals surface area contributed by atoms with E-state index in [0.29, 0.717) is 0 Å². The molecule has 19 heavy (non-hydrogen) atoms. The van der Waals surface area contributed by atoms with Crippen LogP contribution in [0.4, 0.5) is 0 Å². The molecule has 3 rings (SSSR count). The van der Waals surface area contributed by atoms with Crippen LogP contribution in [0.2, 0.25) is 0 Å². The molecule has 0 amide bonds. The first kappa shape index (κ1) is 12.4. The van der Waals surface area contributed by atoms with E-state index in [-0.39, 0.29) is 12.6 Å². The summed E-state index contributed by atoms with van der Waals surface area (Å²) in [5.41, 5.74) is 1.06. The summed E-state index contributed by atoms with van der Waals surface area (Å²) in [6.07, 6.45) is 1.16. The van der Waals surface area contributed by atoms with Crippen LogP contribution in [0.15, 0.2) is 54.0 Å². The van der Waals surface area contributed by atoms with Gasteiger partial charge in [-0.2, -0.15) is 0 Å². The SMILES string of the molecule is OC[C@@H](O)[C@H](c1cccs1)n1ccc2ccccc21. The summed E-state index contributed by atoms with van der Waals surface area (Å²) in [4.78, 5) is 1.04. The van der Waals surface area contributed by atoms with Crippen molar-refractivity contribution in [2.24, 2.45) is 0 Å². The number of rotatable bonds is 4. The lowest BCUT2D eigenvalue weighted by molar-refractivity contribution is 0.0664. The van der Waals surface area contributed by atoms with Gasteiger partial charge in [0.25, 0.3) is 0 Å². The van der Waals surface area contributed by atoms with Gasteiger partial charge in [0.05, 0.1) is 12.6 Å². The van der Waals surface area contributed by atoms with Crippen LogP contribution < -0.4 is 0 Å². The predicted octanol–water partition coefficient (Wildman–Crippen LogP) is 2.65. The Hall–Kier alpha value is -1.62. The fourth-order valence-corrected chi connectivity index (χ4v) is 3.30. The van der Waals surface area contributed by atoms with Crippen molar-refractivity contribution in [1.29, 1.82) is 0 Å². The molecule has 2 N–H and O–H groups in total. The number of nitrogens with zero attached hydrogens (tertiary/aromatic N) is 1. The van der Waals surface area contributed by atoms with Crippen LogP contribution in [0.3, 0.4) is 0 Å². The van der Waals surface area contributed by atoms with E-state index < -0.39 is 6.10 Å². The topological polar surface area (TPSA) is 45.4 Å². The van der Waals surface area contributed by atoms with Gasteiger partial charge in [0.15, 0.2) is 0 Å². The summed E-state index contributed by atoms with van der Waals surface area (Å²) in [6.45, 7) is -0.255. The molecule has 0 spiro atoms. The number of thiophene rings is 1. The molecule has 0 aliphatic heterocycles. The van der Waals surface area contributed by atoms with E-state index in [4.69, 9.17) is 0 Å². The van der Waals surface area contributed by atoms with Crippen LogP contribution in [0, 0.1) is 0 Å². The molecule has 0 radical (unpaired) electrons. The smallest absolute Gasteiger partial charge is 0.103 e. The Morgan fingerprint density at radius 1 is 1.11 bits per heavy atom. The molecule has 3 nitrogen and oxygen atoms in total. The summed E-state index contributed by atoms with van der Waals surface area (Å²) in [6, 6.07) is 13.8. The lowest BCUT2D eigenvalue weighted by Gasteiger charge is -2.23. The third-order valence-electron chi connectivity index (χ3n) is 3.32. The Morgan fingerprint density at radius 3 is 2.68 bits per heavy atom. The number of fused-ring (bicyclic) bond motifs is 1. The van der Waals surface area contributed by atoms with Crippen molar-refractivity contribution in [2.75, 3.05) is 6.61 Å². The van der Waals surface area contributed by atoms with Crippen LogP contribution in [-0.2, 0) is 0 Å². The molecule has 1 aromatic carbocycles. The van der Waals surface area contributed by atoms with Gasteiger partial charge < -0.3 is 14.8 Å². The summed E-state index contributed by atoms with van der Waals surface area (Å²) in [5.74, 6) is 0. The van der Waals surface area contributed by atoms with Crippen LogP contribution >= 0.6 is 11.3 Å². The molecule has 0 aliphatic rings. The van der Waals surface area contributed by atoms with Gasteiger partial charge in [-0.3, -0.25) is 0 Å². The molecular weight excluding hydrogens is 258 g/mol. The van der Waals surface area contributed by atoms with Gasteiger partial charge in [-0.25, -0.2) is 0 Å². The highest BCUT2D eigenvalue weighted by atomic mass is 32.1. The molecule has 3 aromatic rings. The molecule has 0 unspecified atom stereocenters. The molecule has 0 saturated heterocycles. The van der Waals surface area contributed by atoms with Crippen molar-refractivity contribution in [3.63, 3.8) is 0 Å². The highest BCUT2D eigenvalue weighted by Gasteiger charge is 2.24. The summed E-state index contributed by atoms with van der Waals surface area (Å²) < 4.78 is 2.03. The van der Waals surface area contributed by atoms with E-state index >= 15 is 0 Å². The van der Waals surface area contributed by atoms with Crippen LogP contribution in [0.25, 0.3) is 10.9 Å². The Balaban J connectivity index is 2.14. The van der Waals surface area contributed by atoms with Crippen LogP contribution in [0.1, 0.15) is 10.9 Å². The molecule has 2 atom stereocenters. The number of aromatic nitrogens is 1. The summed E-state index contributed by atoms with van der Waals surface area (Å²) >= 11 is 1.59. The van der Waals surface area contributed by atoms with Gasteiger partial charge >= 0.3 is 0 Å². The second-order valence-corrected chi connectivity index (χ2v) is 5.47. The first-order chi connectivity index (χ1) is 9.31. The van der Waals surface area contributed by atoms with E-state index in [1.54, 1.807) is 11.3 Å². The zero-order chi connectivity index (χ0) is 13.2. The van der Waals surface area contributed by atoms with Crippen molar-refractivity contribution in [3.8, 4) is 0 Å². The molecule has 0 fully saturated rings.